The molecule has 4 fully saturated rings. The maximum atomic E-state index is 13.8. The average molecular weight is 1510 g/mol. The summed E-state index contributed by atoms with van der Waals surface area (Å²) in [5.41, 5.74) is 10.0. The highest BCUT2D eigenvalue weighted by Gasteiger charge is 2.65. The lowest BCUT2D eigenvalue weighted by atomic mass is 9.90. The Labute approximate surface area is 617 Å². The van der Waals surface area contributed by atoms with Gasteiger partial charge in [-0.05, 0) is 171 Å². The minimum atomic E-state index is -1.28. The third-order valence-electron chi connectivity index (χ3n) is 18.1. The van der Waals surface area contributed by atoms with Gasteiger partial charge in [0.15, 0.2) is 16.0 Å². The number of β-lactam (4-membered cyclic amide) rings is 2. The summed E-state index contributed by atoms with van der Waals surface area (Å²) < 4.78 is 10.2. The maximum Gasteiger partial charge on any atom is 0.336 e. The van der Waals surface area contributed by atoms with E-state index < -0.39 is 104 Å². The molecule has 0 bridgehead atoms. The molecule has 28 nitrogen and oxygen atoms in total. The van der Waals surface area contributed by atoms with E-state index in [1.54, 1.807) is 76.2 Å². The second-order valence-electron chi connectivity index (χ2n) is 25.8. The molecule has 6 aliphatic heterocycles. The number of hydrogen-bond donors (Lipinski definition) is 13. The van der Waals surface area contributed by atoms with Crippen molar-refractivity contribution >= 4 is 139 Å². The number of carboxylic acids is 4. The summed E-state index contributed by atoms with van der Waals surface area (Å²) in [6.45, 7) is 6.98. The molecule has 6 aromatic rings. The lowest BCUT2D eigenvalue weighted by Gasteiger charge is -2.44. The Kier molecular flexibility index (Phi) is 20.0. The molecule has 0 saturated carbocycles. The number of hydrogen-bond acceptors (Lipinski definition) is 22. The molecule has 14 N–H and O–H groups in total. The van der Waals surface area contributed by atoms with Crippen molar-refractivity contribution in [2.24, 2.45) is 10.7 Å². The SMILES string of the molecule is CC1(C)SC2C(NC(=O)C(N)c3ccc(O)cc3)C(=O)N2C1C(=O)O.CC1(C)SC2C(NC(=O)C(NC(=S)Nc3ccc(-c4c5ccc(=O)cc-5oc5cc(O)ccc45)c(C(=O)O)c3)c3ccc(O)cc3)C(=O)N2C1C(=O)O.O=C(O)c1cc(N=C=S)ccc1-c1c2ccc(=O)cc-2oc2cc(O)ccc12. The van der Waals surface area contributed by atoms with Crippen LogP contribution in [0.3, 0.4) is 0 Å². The Morgan fingerprint density at radius 2 is 0.962 bits per heavy atom. The van der Waals surface area contributed by atoms with Crippen molar-refractivity contribution in [2.45, 2.75) is 84.2 Å². The number of aromatic carboxylic acids is 2. The highest BCUT2D eigenvalue weighted by atomic mass is 32.2. The van der Waals surface area contributed by atoms with Crippen molar-refractivity contribution < 1.29 is 88.0 Å². The monoisotopic (exact) mass is 1510 g/mol. The topological polar surface area (TPSA) is 452 Å². The van der Waals surface area contributed by atoms with E-state index in [0.29, 0.717) is 61.0 Å². The molecule has 8 aliphatic rings. The number of aromatic hydroxyl groups is 4. The molecule has 8 unspecified atom stereocenters. The van der Waals surface area contributed by atoms with Crippen LogP contribution in [-0.2, 0) is 28.8 Å². The summed E-state index contributed by atoms with van der Waals surface area (Å²) in [6.07, 6.45) is 0. The minimum absolute atomic E-state index is 0.0102. The first-order chi connectivity index (χ1) is 50.2. The number of isothiocyanates is 1. The van der Waals surface area contributed by atoms with E-state index in [1.165, 1.54) is 143 Å². The fourth-order valence-corrected chi connectivity index (χ4v) is 16.8. The Morgan fingerprint density at radius 1 is 0.538 bits per heavy atom. The van der Waals surface area contributed by atoms with Crippen LogP contribution in [0.5, 0.6) is 23.0 Å². The predicted molar refractivity (Wildman–Crippen MR) is 398 cm³/mol. The summed E-state index contributed by atoms with van der Waals surface area (Å²) in [4.78, 5) is 130. The van der Waals surface area contributed by atoms with Gasteiger partial charge >= 0.3 is 23.9 Å². The number of rotatable bonds is 15. The molecular formula is C74H60N8O20S4. The number of phenolic OH excluding ortho intramolecular Hbond substituents is 4. The van der Waals surface area contributed by atoms with Crippen molar-refractivity contribution in [2.75, 3.05) is 5.32 Å². The van der Waals surface area contributed by atoms with Crippen LogP contribution in [0.15, 0.2) is 181 Å². The van der Waals surface area contributed by atoms with Crippen LogP contribution in [0.25, 0.3) is 66.8 Å². The number of thioether (sulfide) groups is 2. The van der Waals surface area contributed by atoms with Crippen LogP contribution in [0.1, 0.15) is 71.6 Å². The van der Waals surface area contributed by atoms with E-state index in [0.717, 1.165) is 0 Å². The summed E-state index contributed by atoms with van der Waals surface area (Å²) in [6, 6.07) is 32.2. The van der Waals surface area contributed by atoms with Crippen LogP contribution >= 0.6 is 48.0 Å². The zero-order valence-corrected chi connectivity index (χ0v) is 58.9. The summed E-state index contributed by atoms with van der Waals surface area (Å²) in [7, 11) is 0. The Balaban J connectivity index is 0.000000166. The normalized spacial score (nSPS) is 19.1. The molecular weight excluding hydrogens is 1450 g/mol. The first-order valence-electron chi connectivity index (χ1n) is 31.9. The van der Waals surface area contributed by atoms with Crippen LogP contribution in [0.4, 0.5) is 11.4 Å². The smallest absolute Gasteiger partial charge is 0.336 e. The van der Waals surface area contributed by atoms with E-state index in [9.17, 15) is 88.8 Å². The van der Waals surface area contributed by atoms with Gasteiger partial charge in [-0.25, -0.2) is 19.2 Å². The molecule has 6 heterocycles. The van der Waals surface area contributed by atoms with Gasteiger partial charge in [0, 0.05) is 72.5 Å². The number of nitrogens with two attached hydrogens (primary N) is 1. The zero-order valence-electron chi connectivity index (χ0n) is 55.7. The van der Waals surface area contributed by atoms with Crippen LogP contribution in [0.2, 0.25) is 0 Å². The van der Waals surface area contributed by atoms with Crippen molar-refractivity contribution in [3.63, 3.8) is 0 Å². The fraction of sp³-hybridized carbons (Fsp3) is 0.189. The fourth-order valence-electron chi connectivity index (χ4n) is 13.2. The molecule has 106 heavy (non-hydrogen) atoms. The second-order valence-corrected chi connectivity index (χ2v) is 29.9. The van der Waals surface area contributed by atoms with Gasteiger partial charge in [0.2, 0.25) is 23.6 Å². The van der Waals surface area contributed by atoms with E-state index in [1.807, 2.05) is 0 Å². The van der Waals surface area contributed by atoms with Gasteiger partial charge in [-0.2, -0.15) is 4.99 Å². The number of carbonyl (C=O) groups excluding carboxylic acids is 4. The van der Waals surface area contributed by atoms with Gasteiger partial charge in [0.1, 0.15) is 92.7 Å². The van der Waals surface area contributed by atoms with Gasteiger partial charge in [-0.3, -0.25) is 28.8 Å². The van der Waals surface area contributed by atoms with Crippen molar-refractivity contribution in [3.05, 3.63) is 200 Å². The molecule has 540 valence electrons. The van der Waals surface area contributed by atoms with E-state index in [-0.39, 0.29) is 78.4 Å². The predicted octanol–water partition coefficient (Wildman–Crippen LogP) is 9.06. The largest absolute Gasteiger partial charge is 0.508 e. The molecule has 4 saturated heterocycles. The number of aliphatic carboxylic acids is 2. The number of fused-ring (bicyclic) bond motifs is 6. The Hall–Kier alpha value is -12.2. The van der Waals surface area contributed by atoms with E-state index in [2.05, 4.69) is 43.6 Å². The molecule has 0 radical (unpaired) electrons. The number of benzene rings is 8. The maximum absolute atomic E-state index is 13.8. The molecule has 2 aliphatic carbocycles. The molecule has 4 amide bonds. The number of phenols is 4. The molecule has 6 aromatic carbocycles. The van der Waals surface area contributed by atoms with E-state index in [4.69, 9.17) is 26.8 Å². The molecule has 8 atom stereocenters. The molecule has 32 heteroatoms. The number of carboxylic acid groups (broad SMARTS) is 4. The number of nitrogens with one attached hydrogen (secondary N) is 4. The first kappa shape index (κ1) is 73.6. The van der Waals surface area contributed by atoms with E-state index >= 15 is 0 Å². The Morgan fingerprint density at radius 3 is 1.42 bits per heavy atom. The highest BCUT2D eigenvalue weighted by Crippen LogP contribution is 2.53. The van der Waals surface area contributed by atoms with Gasteiger partial charge in [-0.1, -0.05) is 36.4 Å². The number of thiocarbonyl (C=S) groups is 2. The number of anilines is 1. The molecule has 0 spiro atoms. The van der Waals surface area contributed by atoms with Crippen molar-refractivity contribution in [1.29, 1.82) is 0 Å². The van der Waals surface area contributed by atoms with Crippen LogP contribution < -0.4 is 37.9 Å². The number of nitrogens with zero attached hydrogens (tertiary/aromatic N) is 3. The number of carbonyl (C=O) groups is 8. The van der Waals surface area contributed by atoms with Gasteiger partial charge in [-0.15, -0.1) is 23.5 Å². The van der Waals surface area contributed by atoms with Crippen LogP contribution in [-0.4, -0.2) is 153 Å². The quantitative estimate of drug-likeness (QED) is 0.0197. The number of amides is 4. The minimum Gasteiger partial charge on any atom is -0.508 e. The third-order valence-corrected chi connectivity index (χ3v) is 21.5. The molecule has 0 aromatic heterocycles. The summed E-state index contributed by atoms with van der Waals surface area (Å²) >= 11 is 12.8. The van der Waals surface area contributed by atoms with Gasteiger partial charge in [0.25, 0.3) is 0 Å². The third kappa shape index (κ3) is 14.2. The highest BCUT2D eigenvalue weighted by molar-refractivity contribution is 8.02. The second kappa shape index (κ2) is 28.8. The van der Waals surface area contributed by atoms with Gasteiger partial charge < -0.3 is 86.5 Å². The average Bonchev–Trinajstić information content (AvgIpc) is 1.55. The first-order valence-corrected chi connectivity index (χ1v) is 34.5. The van der Waals surface area contributed by atoms with Crippen LogP contribution in [0, 0.1) is 0 Å². The number of aliphatic imine (C=N–C) groups is 1. The van der Waals surface area contributed by atoms with Crippen molar-refractivity contribution in [3.8, 4) is 67.9 Å². The lowest BCUT2D eigenvalue weighted by Crippen LogP contribution is -2.71. The standard InChI is InChI=1S/C37H30N4O10S2.C21H11NO5S.C16H19N3O5S/c1-37(2)30(35(49)50)41-32(46)29(33(41)53-37)39-31(45)28(16-3-6-18(42)7-4-16)40-36(52)38-17-5-10-21(24(13-17)34(47)48)27-22-11-8-19(43)14-25(22)51-26-15-20(44)9-12-23(26)27;23-12-2-5-15-18(8-12)27-19-9-13(24)3-6-16(19)20(15)14-4-1-11(22-10-28)7-17(14)21(25)26;1-16(2)11(15(23)24)19-13(22)10(14(19)25-16)18-12(21)9(17)7-3-5-8(20)6-4-7/h3-15,28-30,33,42-43H,1-2H3,(H,39,45)(H,47,48)(H,49,50)(H2,38,40,52);1-9,23H,(H,25,26);3-6,9-11,14,20H,17H2,1-2H3,(H,18,21)(H,23,24). The molecule has 14 rings (SSSR count). The summed E-state index contributed by atoms with van der Waals surface area (Å²) in [5, 5.41) is 91.7. The zero-order chi connectivity index (χ0) is 76.3. The lowest BCUT2D eigenvalue weighted by molar-refractivity contribution is -0.161. The van der Waals surface area contributed by atoms with Gasteiger partial charge in [0.05, 0.1) is 22.0 Å². The summed E-state index contributed by atoms with van der Waals surface area (Å²) in [5.74, 6) is -6.34. The Bertz CT molecular complexity index is 5450. The van der Waals surface area contributed by atoms with Crippen molar-refractivity contribution in [1.82, 2.24) is 25.8 Å².